The molecule has 5 aromatic rings. The van der Waals surface area contributed by atoms with Gasteiger partial charge in [0.2, 0.25) is 0 Å². The van der Waals surface area contributed by atoms with Gasteiger partial charge in [0.1, 0.15) is 0 Å². The van der Waals surface area contributed by atoms with Crippen molar-refractivity contribution in [1.29, 1.82) is 0 Å². The fourth-order valence-corrected chi connectivity index (χ4v) is 16.3. The Balaban J connectivity index is 1.17. The van der Waals surface area contributed by atoms with Gasteiger partial charge in [-0.15, -0.1) is 11.3 Å². The fraction of sp³-hybridized carbons (Fsp3) is 0.531. The number of allylic oxidation sites excluding steroid dienone is 2. The van der Waals surface area contributed by atoms with Gasteiger partial charge in [-0.2, -0.15) is 0 Å². The zero-order chi connectivity index (χ0) is 48.3. The summed E-state index contributed by atoms with van der Waals surface area (Å²) in [7, 11) is 0. The summed E-state index contributed by atoms with van der Waals surface area (Å²) in [6, 6.07) is 26.1. The Morgan fingerprint density at radius 2 is 1.01 bits per heavy atom. The first-order chi connectivity index (χ1) is 31.6. The van der Waals surface area contributed by atoms with Gasteiger partial charge in [-0.3, -0.25) is 0 Å². The minimum atomic E-state index is 0.0860. The average Bonchev–Trinajstić information content (AvgIpc) is 3.65. The number of benzene rings is 4. The summed E-state index contributed by atoms with van der Waals surface area (Å²) in [5.41, 5.74) is 23.5. The molecule has 0 saturated carbocycles. The van der Waals surface area contributed by atoms with Crippen molar-refractivity contribution in [3.8, 4) is 0 Å². The number of fused-ring (bicyclic) bond motifs is 9. The van der Waals surface area contributed by atoms with Crippen LogP contribution >= 0.6 is 11.3 Å². The lowest BCUT2D eigenvalue weighted by Crippen LogP contribution is -2.62. The number of hydrogen-bond acceptors (Lipinski definition) is 3. The van der Waals surface area contributed by atoms with Gasteiger partial charge in [0.05, 0.1) is 11.7 Å². The topological polar surface area (TPSA) is 6.48 Å². The van der Waals surface area contributed by atoms with Crippen molar-refractivity contribution in [2.75, 3.05) is 9.80 Å². The van der Waals surface area contributed by atoms with E-state index in [4.69, 9.17) is 0 Å². The van der Waals surface area contributed by atoms with Crippen LogP contribution in [0.1, 0.15) is 202 Å². The van der Waals surface area contributed by atoms with Crippen molar-refractivity contribution in [2.45, 2.75) is 207 Å². The minimum Gasteiger partial charge on any atom is -0.334 e. The van der Waals surface area contributed by atoms with E-state index in [1.165, 1.54) is 122 Å². The molecule has 1 atom stereocenters. The molecule has 354 valence electrons. The Morgan fingerprint density at radius 3 is 1.65 bits per heavy atom. The minimum absolute atomic E-state index is 0.0860. The molecule has 4 heteroatoms. The van der Waals surface area contributed by atoms with Gasteiger partial charge in [0.15, 0.2) is 0 Å². The standard InChI is InChI=1S/C64H79BN2S/c1-57(2)24-26-59(5,6)43-32-38(20-22-41(43)57)66-50-18-17-19-51-54(50)65(49-35-46-47(36-52(49)66)63(13,14)30-29-62(46,11)12)56-55(40-34-45-48(37-53(40)68-56)64(15,16)31-28-61(45,9)10)67(51)39-21-23-42-44(33-39)60(7,8)27-25-58(42,3)4/h17-23,32,34-37,39H,24-31,33H2,1-16H3. The normalized spacial score (nSPS) is 25.4. The molecule has 3 heterocycles. The molecular weight excluding hydrogens is 840 g/mol. The van der Waals surface area contributed by atoms with Gasteiger partial charge in [-0.25, -0.2) is 0 Å². The second kappa shape index (κ2) is 13.9. The summed E-state index contributed by atoms with van der Waals surface area (Å²) in [6.45, 7) is 40.2. The van der Waals surface area contributed by atoms with Gasteiger partial charge in [0.25, 0.3) is 6.71 Å². The second-order valence-corrected chi connectivity index (χ2v) is 29.4. The molecule has 12 rings (SSSR count). The van der Waals surface area contributed by atoms with Crippen LogP contribution in [-0.4, -0.2) is 12.8 Å². The fourth-order valence-electron chi connectivity index (χ4n) is 15.0. The van der Waals surface area contributed by atoms with Crippen LogP contribution < -0.4 is 25.5 Å². The largest absolute Gasteiger partial charge is 0.334 e. The Labute approximate surface area is 415 Å². The summed E-state index contributed by atoms with van der Waals surface area (Å²) < 4.78 is 3.00. The number of nitrogens with zero attached hydrogens (tertiary/aromatic N) is 2. The van der Waals surface area contributed by atoms with E-state index >= 15 is 0 Å². The molecule has 5 aliphatic carbocycles. The van der Waals surface area contributed by atoms with E-state index in [2.05, 4.69) is 205 Å². The first-order valence-electron chi connectivity index (χ1n) is 26.7. The lowest BCUT2D eigenvalue weighted by atomic mass is 9.35. The molecule has 68 heavy (non-hydrogen) atoms. The summed E-state index contributed by atoms with van der Waals surface area (Å²) in [6.07, 6.45) is 16.0. The van der Waals surface area contributed by atoms with E-state index in [0.717, 1.165) is 6.42 Å². The number of thiophene rings is 1. The summed E-state index contributed by atoms with van der Waals surface area (Å²) in [5.74, 6) is 0. The molecule has 0 bridgehead atoms. The van der Waals surface area contributed by atoms with Crippen molar-refractivity contribution in [1.82, 2.24) is 0 Å². The molecule has 2 aliphatic heterocycles. The highest BCUT2D eigenvalue weighted by Gasteiger charge is 2.51. The number of anilines is 5. The highest BCUT2D eigenvalue weighted by molar-refractivity contribution is 7.33. The summed E-state index contributed by atoms with van der Waals surface area (Å²) in [5, 5.41) is 1.46. The average molecular weight is 919 g/mol. The molecule has 1 aromatic heterocycles. The van der Waals surface area contributed by atoms with E-state index in [1.54, 1.807) is 27.8 Å². The first-order valence-corrected chi connectivity index (χ1v) is 27.6. The van der Waals surface area contributed by atoms with E-state index in [0.29, 0.717) is 0 Å². The van der Waals surface area contributed by atoms with Crippen LogP contribution in [0.2, 0.25) is 0 Å². The van der Waals surface area contributed by atoms with Gasteiger partial charge < -0.3 is 9.80 Å². The molecule has 4 aromatic carbocycles. The predicted molar refractivity (Wildman–Crippen MR) is 297 cm³/mol. The van der Waals surface area contributed by atoms with Crippen molar-refractivity contribution < 1.29 is 0 Å². The maximum atomic E-state index is 2.89. The Kier molecular flexibility index (Phi) is 9.22. The van der Waals surface area contributed by atoms with Gasteiger partial charge in [-0.05, 0) is 193 Å². The third-order valence-corrected chi connectivity index (χ3v) is 21.3. The molecule has 2 nitrogen and oxygen atoms in total. The number of hydrogen-bond donors (Lipinski definition) is 0. The molecule has 7 aliphatic rings. The SMILES string of the molecule is CC1(C)CCC(C)(C)C2=C1C=CC(N1c3cccc4c3B(c3cc5c(cc3N4c3ccc4c(c3)C(C)(C)CCC4(C)C)C(C)(C)CCC5(C)C)c3sc4cc5c(cc4c31)C(C)(C)CCC5(C)C)C2. The van der Waals surface area contributed by atoms with Crippen LogP contribution in [0.4, 0.5) is 28.4 Å². The van der Waals surface area contributed by atoms with Crippen LogP contribution in [0.3, 0.4) is 0 Å². The third-order valence-electron chi connectivity index (χ3n) is 20.1. The monoisotopic (exact) mass is 919 g/mol. The molecule has 0 spiro atoms. The third kappa shape index (κ3) is 6.25. The molecular formula is C64H79BN2S. The quantitative estimate of drug-likeness (QED) is 0.160. The number of rotatable bonds is 2. The van der Waals surface area contributed by atoms with Crippen LogP contribution in [0.15, 0.2) is 84.0 Å². The van der Waals surface area contributed by atoms with Crippen molar-refractivity contribution in [3.63, 3.8) is 0 Å². The van der Waals surface area contributed by atoms with E-state index in [9.17, 15) is 0 Å². The Bertz CT molecular complexity index is 3080. The zero-order valence-corrected chi connectivity index (χ0v) is 45.6. The van der Waals surface area contributed by atoms with Crippen LogP contribution in [0.25, 0.3) is 10.1 Å². The Morgan fingerprint density at radius 1 is 0.500 bits per heavy atom. The van der Waals surface area contributed by atoms with Crippen molar-refractivity contribution in [3.05, 3.63) is 117 Å². The molecule has 0 fully saturated rings. The van der Waals surface area contributed by atoms with Crippen molar-refractivity contribution >= 4 is 72.3 Å². The highest BCUT2D eigenvalue weighted by atomic mass is 32.1. The molecule has 1 unspecified atom stereocenters. The first kappa shape index (κ1) is 45.1. The van der Waals surface area contributed by atoms with Crippen molar-refractivity contribution in [2.24, 2.45) is 10.8 Å². The summed E-state index contributed by atoms with van der Waals surface area (Å²) in [4.78, 5) is 5.63. The van der Waals surface area contributed by atoms with Gasteiger partial charge >= 0.3 is 0 Å². The smallest absolute Gasteiger partial charge is 0.264 e. The zero-order valence-electron chi connectivity index (χ0n) is 44.7. The van der Waals surface area contributed by atoms with Crippen LogP contribution in [0, 0.1) is 10.8 Å². The maximum absolute atomic E-state index is 2.89. The van der Waals surface area contributed by atoms with Gasteiger partial charge in [0, 0.05) is 37.6 Å². The van der Waals surface area contributed by atoms with Gasteiger partial charge in [-0.1, -0.05) is 147 Å². The predicted octanol–water partition coefficient (Wildman–Crippen LogP) is 16.2. The lowest BCUT2D eigenvalue weighted by Gasteiger charge is -2.50. The molecule has 0 amide bonds. The van der Waals surface area contributed by atoms with E-state index in [1.807, 2.05) is 0 Å². The van der Waals surface area contributed by atoms with E-state index in [-0.39, 0.29) is 56.1 Å². The van der Waals surface area contributed by atoms with Crippen LogP contribution in [0.5, 0.6) is 0 Å². The molecule has 0 N–H and O–H groups in total. The molecule has 0 saturated heterocycles. The van der Waals surface area contributed by atoms with Crippen LogP contribution in [-0.2, 0) is 32.5 Å². The summed E-state index contributed by atoms with van der Waals surface area (Å²) >= 11 is 2.12. The Hall–Kier alpha value is -4.02. The van der Waals surface area contributed by atoms with E-state index < -0.39 is 0 Å². The maximum Gasteiger partial charge on any atom is 0.264 e. The highest BCUT2D eigenvalue weighted by Crippen LogP contribution is 2.57. The molecule has 0 radical (unpaired) electrons. The second-order valence-electron chi connectivity index (χ2n) is 28.3. The lowest BCUT2D eigenvalue weighted by molar-refractivity contribution is 0.256.